The second-order valence-corrected chi connectivity index (χ2v) is 4.62. The Balaban J connectivity index is 2.76. The minimum atomic E-state index is -5.04. The first kappa shape index (κ1) is 17.7. The Bertz CT molecular complexity index is 920. The number of ether oxygens (including phenoxy) is 2. The molecule has 1 heterocycles. The summed E-state index contributed by atoms with van der Waals surface area (Å²) in [6.45, 7) is 0. The maximum atomic E-state index is 12.7. The molecule has 10 heteroatoms. The summed E-state index contributed by atoms with van der Waals surface area (Å²) in [6, 6.07) is 6.62. The third kappa shape index (κ3) is 3.48. The SMILES string of the molecule is COC(=O)c1c(N)c(C#N)cn1-c1ccc(C#N)cc1OC(F)(F)F. The number of nitrogens with two attached hydrogens (primary N) is 1. The number of benzene rings is 1. The summed E-state index contributed by atoms with van der Waals surface area (Å²) in [5, 5.41) is 17.9. The van der Waals surface area contributed by atoms with E-state index in [2.05, 4.69) is 9.47 Å². The molecule has 0 unspecified atom stereocenters. The van der Waals surface area contributed by atoms with Crippen molar-refractivity contribution in [3.8, 4) is 23.6 Å². The molecule has 0 aliphatic heterocycles. The molecule has 2 aromatic rings. The Labute approximate surface area is 139 Å². The van der Waals surface area contributed by atoms with Gasteiger partial charge in [-0.25, -0.2) is 4.79 Å². The Morgan fingerprint density at radius 2 is 1.96 bits per heavy atom. The van der Waals surface area contributed by atoms with Crippen molar-refractivity contribution in [1.82, 2.24) is 4.57 Å². The second kappa shape index (κ2) is 6.45. The van der Waals surface area contributed by atoms with E-state index in [1.54, 1.807) is 12.1 Å². The van der Waals surface area contributed by atoms with Crippen LogP contribution in [-0.4, -0.2) is 24.0 Å². The quantitative estimate of drug-likeness (QED) is 0.851. The third-order valence-electron chi connectivity index (χ3n) is 3.12. The van der Waals surface area contributed by atoms with Crippen LogP contribution >= 0.6 is 0 Å². The van der Waals surface area contributed by atoms with Crippen LogP contribution in [0.25, 0.3) is 5.69 Å². The van der Waals surface area contributed by atoms with Gasteiger partial charge in [0.25, 0.3) is 0 Å². The molecule has 128 valence electrons. The van der Waals surface area contributed by atoms with Gasteiger partial charge in [-0.15, -0.1) is 13.2 Å². The number of halogens is 3. The largest absolute Gasteiger partial charge is 0.573 e. The molecule has 0 spiro atoms. The molecule has 0 aliphatic rings. The number of aromatic nitrogens is 1. The normalized spacial score (nSPS) is 10.6. The van der Waals surface area contributed by atoms with Crippen molar-refractivity contribution in [3.05, 3.63) is 41.2 Å². The first-order chi connectivity index (χ1) is 11.7. The number of methoxy groups -OCH3 is 1. The molecule has 25 heavy (non-hydrogen) atoms. The van der Waals surface area contributed by atoms with E-state index in [9.17, 15) is 18.0 Å². The molecule has 0 bridgehead atoms. The van der Waals surface area contributed by atoms with Crippen molar-refractivity contribution >= 4 is 11.7 Å². The van der Waals surface area contributed by atoms with E-state index in [0.717, 1.165) is 30.0 Å². The van der Waals surface area contributed by atoms with Crippen molar-refractivity contribution in [2.75, 3.05) is 12.8 Å². The Kier molecular flexibility index (Phi) is 4.57. The van der Waals surface area contributed by atoms with Gasteiger partial charge in [-0.3, -0.25) is 0 Å². The predicted molar refractivity (Wildman–Crippen MR) is 77.6 cm³/mol. The molecule has 2 N–H and O–H groups in total. The standard InChI is InChI=1S/C15H9F3N4O3/c1-24-14(23)13-12(21)9(6-20)7-22(13)10-3-2-8(5-19)4-11(10)25-15(16,17)18/h2-4,7H,21H2,1H3. The van der Waals surface area contributed by atoms with E-state index in [-0.39, 0.29) is 28.2 Å². The zero-order valence-electron chi connectivity index (χ0n) is 12.6. The smallest absolute Gasteiger partial charge is 0.464 e. The lowest BCUT2D eigenvalue weighted by Gasteiger charge is -2.15. The molecule has 0 fully saturated rings. The highest BCUT2D eigenvalue weighted by molar-refractivity contribution is 5.96. The van der Waals surface area contributed by atoms with Crippen LogP contribution in [0.15, 0.2) is 24.4 Å². The summed E-state index contributed by atoms with van der Waals surface area (Å²) < 4.78 is 47.4. The summed E-state index contributed by atoms with van der Waals surface area (Å²) in [7, 11) is 1.05. The summed E-state index contributed by atoms with van der Waals surface area (Å²) in [5.74, 6) is -1.70. The van der Waals surface area contributed by atoms with Crippen LogP contribution in [0.3, 0.4) is 0 Å². The van der Waals surface area contributed by atoms with Crippen molar-refractivity contribution in [2.45, 2.75) is 6.36 Å². The fourth-order valence-electron chi connectivity index (χ4n) is 2.09. The summed E-state index contributed by atoms with van der Waals surface area (Å²) >= 11 is 0. The van der Waals surface area contributed by atoms with Gasteiger partial charge < -0.3 is 19.8 Å². The van der Waals surface area contributed by atoms with Gasteiger partial charge in [0.15, 0.2) is 11.4 Å². The molecular formula is C15H9F3N4O3. The fourth-order valence-corrected chi connectivity index (χ4v) is 2.09. The van der Waals surface area contributed by atoms with Crippen molar-refractivity contribution in [1.29, 1.82) is 10.5 Å². The van der Waals surface area contributed by atoms with E-state index in [4.69, 9.17) is 16.3 Å². The lowest BCUT2D eigenvalue weighted by molar-refractivity contribution is -0.274. The zero-order valence-corrected chi connectivity index (χ0v) is 12.6. The minimum absolute atomic E-state index is 0.0942. The van der Waals surface area contributed by atoms with Gasteiger partial charge in [0, 0.05) is 12.3 Å². The van der Waals surface area contributed by atoms with Crippen LogP contribution in [0.5, 0.6) is 5.75 Å². The molecule has 7 nitrogen and oxygen atoms in total. The average molecular weight is 350 g/mol. The van der Waals surface area contributed by atoms with Gasteiger partial charge in [-0.1, -0.05) is 0 Å². The van der Waals surface area contributed by atoms with Gasteiger partial charge in [-0.2, -0.15) is 10.5 Å². The van der Waals surface area contributed by atoms with Crippen molar-refractivity contribution in [2.24, 2.45) is 0 Å². The Morgan fingerprint density at radius 1 is 1.28 bits per heavy atom. The molecule has 0 saturated heterocycles. The molecular weight excluding hydrogens is 341 g/mol. The number of hydrogen-bond acceptors (Lipinski definition) is 6. The van der Waals surface area contributed by atoms with Gasteiger partial charge in [-0.05, 0) is 12.1 Å². The third-order valence-corrected chi connectivity index (χ3v) is 3.12. The molecule has 0 aliphatic carbocycles. The molecule has 1 aromatic carbocycles. The number of esters is 1. The number of nitrogen functional groups attached to an aromatic ring is 1. The molecule has 2 rings (SSSR count). The highest BCUT2D eigenvalue weighted by atomic mass is 19.4. The molecule has 0 atom stereocenters. The number of rotatable bonds is 3. The fraction of sp³-hybridized carbons (Fsp3) is 0.133. The second-order valence-electron chi connectivity index (χ2n) is 4.62. The maximum Gasteiger partial charge on any atom is 0.573 e. The number of alkyl halides is 3. The van der Waals surface area contributed by atoms with Crippen LogP contribution < -0.4 is 10.5 Å². The van der Waals surface area contributed by atoms with Gasteiger partial charge in [0.1, 0.15) is 6.07 Å². The van der Waals surface area contributed by atoms with Crippen LogP contribution in [0.1, 0.15) is 21.6 Å². The zero-order chi connectivity index (χ0) is 18.8. The van der Waals surface area contributed by atoms with E-state index >= 15 is 0 Å². The topological polar surface area (TPSA) is 114 Å². The monoisotopic (exact) mass is 350 g/mol. The number of anilines is 1. The predicted octanol–water partition coefficient (Wildman–Crippen LogP) is 2.49. The summed E-state index contributed by atoms with van der Waals surface area (Å²) in [5.41, 5.74) is 4.64. The van der Waals surface area contributed by atoms with E-state index in [1.165, 1.54) is 6.07 Å². The average Bonchev–Trinajstić information content (AvgIpc) is 2.88. The highest BCUT2D eigenvalue weighted by Crippen LogP contribution is 2.33. The summed E-state index contributed by atoms with van der Waals surface area (Å²) in [6.07, 6.45) is -3.96. The highest BCUT2D eigenvalue weighted by Gasteiger charge is 2.33. The van der Waals surface area contributed by atoms with Crippen LogP contribution in [0.4, 0.5) is 18.9 Å². The minimum Gasteiger partial charge on any atom is -0.464 e. The lowest BCUT2D eigenvalue weighted by Crippen LogP contribution is -2.19. The molecule has 1 aromatic heterocycles. The van der Waals surface area contributed by atoms with Crippen molar-refractivity contribution < 1.29 is 27.4 Å². The lowest BCUT2D eigenvalue weighted by atomic mass is 10.2. The number of carbonyl (C=O) groups is 1. The first-order valence-corrected chi connectivity index (χ1v) is 6.51. The Hall–Kier alpha value is -3.66. The Morgan fingerprint density at radius 3 is 2.48 bits per heavy atom. The van der Waals surface area contributed by atoms with E-state index in [1.807, 2.05) is 0 Å². The van der Waals surface area contributed by atoms with Gasteiger partial charge in [0.05, 0.1) is 35.7 Å². The molecule has 0 saturated carbocycles. The maximum absolute atomic E-state index is 12.7. The number of nitriles is 2. The van der Waals surface area contributed by atoms with Gasteiger partial charge >= 0.3 is 12.3 Å². The molecule has 0 radical (unpaired) electrons. The summed E-state index contributed by atoms with van der Waals surface area (Å²) in [4.78, 5) is 11.9. The first-order valence-electron chi connectivity index (χ1n) is 6.51. The van der Waals surface area contributed by atoms with Crippen molar-refractivity contribution in [3.63, 3.8) is 0 Å². The van der Waals surface area contributed by atoms with Crippen LogP contribution in [0, 0.1) is 22.7 Å². The number of hydrogen-bond donors (Lipinski definition) is 1. The molecule has 0 amide bonds. The van der Waals surface area contributed by atoms with E-state index in [0.29, 0.717) is 0 Å². The number of carbonyl (C=O) groups excluding carboxylic acids is 1. The van der Waals surface area contributed by atoms with Gasteiger partial charge in [0.2, 0.25) is 0 Å². The van der Waals surface area contributed by atoms with Crippen LogP contribution in [-0.2, 0) is 4.74 Å². The van der Waals surface area contributed by atoms with E-state index < -0.39 is 18.1 Å². The van der Waals surface area contributed by atoms with Crippen LogP contribution in [0.2, 0.25) is 0 Å². The number of nitrogens with zero attached hydrogens (tertiary/aromatic N) is 3.